The molecule has 384 valence electrons. The second-order valence-corrected chi connectivity index (χ2v) is 18.5. The maximum atomic E-state index is 12.8. The van der Waals surface area contributed by atoms with Crippen LogP contribution < -0.4 is 0 Å². The summed E-state index contributed by atoms with van der Waals surface area (Å²) in [5.74, 6) is -0.991. The molecule has 1 atom stereocenters. The van der Waals surface area contributed by atoms with Crippen LogP contribution in [0.15, 0.2) is 85.1 Å². The molecule has 0 radical (unpaired) electrons. The lowest BCUT2D eigenvalue weighted by atomic mass is 10.0. The van der Waals surface area contributed by atoms with Crippen molar-refractivity contribution in [3.8, 4) is 0 Å². The Bertz CT molecular complexity index is 1300. The lowest BCUT2D eigenvalue weighted by molar-refractivity contribution is -0.166. The molecular weight excluding hydrogens is 829 g/mol. The topological polar surface area (TPSA) is 78.9 Å². The van der Waals surface area contributed by atoms with Crippen LogP contribution in [0, 0.1) is 0 Å². The van der Waals surface area contributed by atoms with Gasteiger partial charge < -0.3 is 14.2 Å². The van der Waals surface area contributed by atoms with Crippen LogP contribution in [0.3, 0.4) is 0 Å². The largest absolute Gasteiger partial charge is 0.462 e. The molecule has 0 saturated heterocycles. The molecule has 67 heavy (non-hydrogen) atoms. The van der Waals surface area contributed by atoms with Gasteiger partial charge in [-0.1, -0.05) is 247 Å². The third-order valence-electron chi connectivity index (χ3n) is 11.9. The Hall–Kier alpha value is -3.41. The highest BCUT2D eigenvalue weighted by Gasteiger charge is 2.19. The van der Waals surface area contributed by atoms with Crippen LogP contribution in [-0.4, -0.2) is 37.2 Å². The number of hydrogen-bond acceptors (Lipinski definition) is 6. The number of ether oxygens (including phenoxy) is 3. The molecule has 6 nitrogen and oxygen atoms in total. The summed E-state index contributed by atoms with van der Waals surface area (Å²) in [5, 5.41) is 0. The third kappa shape index (κ3) is 53.4. The van der Waals surface area contributed by atoms with E-state index >= 15 is 0 Å². The highest BCUT2D eigenvalue weighted by atomic mass is 16.6. The van der Waals surface area contributed by atoms with Gasteiger partial charge in [-0.2, -0.15) is 0 Å². The van der Waals surface area contributed by atoms with Gasteiger partial charge in [0.25, 0.3) is 0 Å². The summed E-state index contributed by atoms with van der Waals surface area (Å²) in [6.07, 6.45) is 71.5. The third-order valence-corrected chi connectivity index (χ3v) is 11.9. The SMILES string of the molecule is CC/C=C/C/C=C/C/C=C/C/C=C/C/C=C/C/C=C/CCC(=O)OC[C@@H](COC(=O)CCCCCCC/C=C/CCCCCCC)OC(=O)CCCCCCCCCCCCCCCCCC. The van der Waals surface area contributed by atoms with Gasteiger partial charge in [-0.3, -0.25) is 14.4 Å². The quantitative estimate of drug-likeness (QED) is 0.0262. The molecule has 0 aliphatic rings. The maximum Gasteiger partial charge on any atom is 0.306 e. The van der Waals surface area contributed by atoms with Crippen LogP contribution in [0.25, 0.3) is 0 Å². The van der Waals surface area contributed by atoms with Crippen LogP contribution in [0.1, 0.15) is 265 Å². The summed E-state index contributed by atoms with van der Waals surface area (Å²) in [6, 6.07) is 0. The van der Waals surface area contributed by atoms with Gasteiger partial charge in [-0.25, -0.2) is 0 Å². The Morgan fingerprint density at radius 3 is 1.00 bits per heavy atom. The van der Waals surface area contributed by atoms with E-state index in [9.17, 15) is 14.4 Å². The first-order chi connectivity index (χ1) is 33.0. The van der Waals surface area contributed by atoms with Crippen molar-refractivity contribution in [2.24, 2.45) is 0 Å². The van der Waals surface area contributed by atoms with Gasteiger partial charge in [0.05, 0.1) is 0 Å². The molecule has 0 aromatic carbocycles. The van der Waals surface area contributed by atoms with Gasteiger partial charge in [0.15, 0.2) is 6.10 Å². The van der Waals surface area contributed by atoms with Crippen molar-refractivity contribution < 1.29 is 28.6 Å². The van der Waals surface area contributed by atoms with Gasteiger partial charge >= 0.3 is 17.9 Å². The van der Waals surface area contributed by atoms with Crippen molar-refractivity contribution in [3.63, 3.8) is 0 Å². The van der Waals surface area contributed by atoms with E-state index in [0.29, 0.717) is 19.3 Å². The van der Waals surface area contributed by atoms with Crippen molar-refractivity contribution in [2.45, 2.75) is 271 Å². The van der Waals surface area contributed by atoms with Crippen molar-refractivity contribution in [1.29, 1.82) is 0 Å². The Balaban J connectivity index is 4.49. The molecule has 0 heterocycles. The minimum atomic E-state index is -0.809. The van der Waals surface area contributed by atoms with E-state index in [1.165, 1.54) is 135 Å². The van der Waals surface area contributed by atoms with E-state index in [1.807, 2.05) is 6.08 Å². The molecule has 0 aromatic rings. The van der Waals surface area contributed by atoms with Gasteiger partial charge in [0, 0.05) is 19.3 Å². The number of carbonyl (C=O) groups is 3. The molecule has 0 aliphatic carbocycles. The van der Waals surface area contributed by atoms with Crippen LogP contribution in [0.2, 0.25) is 0 Å². The van der Waals surface area contributed by atoms with E-state index in [2.05, 4.69) is 99.8 Å². The standard InChI is InChI=1S/C61H104O6/c1-4-7-10-13-16-19-22-25-28-30-31-32-34-36-39-42-45-48-51-54-60(63)66-57-58(56-65-59(62)53-50-47-44-41-38-35-27-24-21-18-15-12-9-6-3)67-61(64)55-52-49-46-43-40-37-33-29-26-23-20-17-14-11-8-5-2/h7,10,16,19,24-25,27-28,31-32,36,39,45,48,58H,4-6,8-9,11-15,17-18,20-23,26,29-30,33-35,37-38,40-44,46-47,49-57H2,1-3H3/b10-7+,19-16+,27-24+,28-25+,32-31+,39-36+,48-45+/t58-/m1/s1. The summed E-state index contributed by atoms with van der Waals surface area (Å²) < 4.78 is 16.8. The summed E-state index contributed by atoms with van der Waals surface area (Å²) in [4.78, 5) is 38.1. The lowest BCUT2D eigenvalue weighted by Gasteiger charge is -2.18. The highest BCUT2D eigenvalue weighted by Crippen LogP contribution is 2.15. The molecule has 0 unspecified atom stereocenters. The molecule has 0 fully saturated rings. The van der Waals surface area contributed by atoms with E-state index in [0.717, 1.165) is 83.5 Å². The van der Waals surface area contributed by atoms with Gasteiger partial charge in [-0.05, 0) is 83.5 Å². The maximum absolute atomic E-state index is 12.8. The summed E-state index contributed by atoms with van der Waals surface area (Å²) in [6.45, 7) is 6.46. The van der Waals surface area contributed by atoms with Crippen molar-refractivity contribution >= 4 is 17.9 Å². The fourth-order valence-corrected chi connectivity index (χ4v) is 7.70. The Labute approximate surface area is 414 Å². The number of hydrogen-bond donors (Lipinski definition) is 0. The molecule has 0 rings (SSSR count). The molecule has 0 amide bonds. The average molecular weight is 933 g/mol. The second kappa shape index (κ2) is 55.2. The van der Waals surface area contributed by atoms with Crippen molar-refractivity contribution in [2.75, 3.05) is 13.2 Å². The molecule has 0 saturated carbocycles. The lowest BCUT2D eigenvalue weighted by Crippen LogP contribution is -2.30. The number of carbonyl (C=O) groups excluding carboxylic acids is 3. The van der Waals surface area contributed by atoms with Crippen LogP contribution >= 0.6 is 0 Å². The zero-order valence-corrected chi connectivity index (χ0v) is 43.9. The fraction of sp³-hybridized carbons (Fsp3) is 0.721. The minimum Gasteiger partial charge on any atom is -0.462 e. The molecule has 6 heteroatoms. The first kappa shape index (κ1) is 63.6. The summed E-state index contributed by atoms with van der Waals surface area (Å²) >= 11 is 0. The first-order valence-corrected chi connectivity index (χ1v) is 28.1. The van der Waals surface area contributed by atoms with Gasteiger partial charge in [0.2, 0.25) is 0 Å². The second-order valence-electron chi connectivity index (χ2n) is 18.5. The molecular formula is C61H104O6. The molecule has 0 aliphatic heterocycles. The Morgan fingerprint density at radius 2 is 0.612 bits per heavy atom. The highest BCUT2D eigenvalue weighted by molar-refractivity contribution is 5.71. The van der Waals surface area contributed by atoms with E-state index in [-0.39, 0.29) is 37.5 Å². The van der Waals surface area contributed by atoms with E-state index in [4.69, 9.17) is 14.2 Å². The number of unbranched alkanes of at least 4 members (excludes halogenated alkanes) is 25. The predicted molar refractivity (Wildman–Crippen MR) is 288 cm³/mol. The summed E-state index contributed by atoms with van der Waals surface area (Å²) in [7, 11) is 0. The fourth-order valence-electron chi connectivity index (χ4n) is 7.70. The molecule has 0 N–H and O–H groups in total. The van der Waals surface area contributed by atoms with Crippen LogP contribution in [0.4, 0.5) is 0 Å². The summed E-state index contributed by atoms with van der Waals surface area (Å²) in [5.41, 5.74) is 0. The van der Waals surface area contributed by atoms with Crippen LogP contribution in [-0.2, 0) is 28.6 Å². The van der Waals surface area contributed by atoms with Crippen molar-refractivity contribution in [3.05, 3.63) is 85.1 Å². The molecule has 0 spiro atoms. The number of esters is 3. The normalized spacial score (nSPS) is 12.7. The molecule has 0 bridgehead atoms. The Morgan fingerprint density at radius 1 is 0.313 bits per heavy atom. The number of allylic oxidation sites excluding steroid dienone is 14. The predicted octanol–water partition coefficient (Wildman–Crippen LogP) is 18.8. The zero-order chi connectivity index (χ0) is 48.6. The molecule has 0 aromatic heterocycles. The number of rotatable bonds is 50. The average Bonchev–Trinajstić information content (AvgIpc) is 3.33. The van der Waals surface area contributed by atoms with Gasteiger partial charge in [0.1, 0.15) is 13.2 Å². The zero-order valence-electron chi connectivity index (χ0n) is 43.9. The van der Waals surface area contributed by atoms with E-state index in [1.54, 1.807) is 0 Å². The van der Waals surface area contributed by atoms with E-state index < -0.39 is 6.10 Å². The minimum absolute atomic E-state index is 0.102. The van der Waals surface area contributed by atoms with Crippen molar-refractivity contribution in [1.82, 2.24) is 0 Å². The smallest absolute Gasteiger partial charge is 0.306 e. The Kier molecular flexibility index (Phi) is 52.4. The van der Waals surface area contributed by atoms with Crippen LogP contribution in [0.5, 0.6) is 0 Å². The monoisotopic (exact) mass is 933 g/mol. The first-order valence-electron chi connectivity index (χ1n) is 28.1. The van der Waals surface area contributed by atoms with Gasteiger partial charge in [-0.15, -0.1) is 0 Å².